The van der Waals surface area contributed by atoms with Gasteiger partial charge in [-0.25, -0.2) is 4.98 Å². The lowest BCUT2D eigenvalue weighted by Crippen LogP contribution is -2.17. The van der Waals surface area contributed by atoms with E-state index in [0.717, 1.165) is 0 Å². The number of halogens is 4. The molecule has 0 fully saturated rings. The number of nitrogens with one attached hydrogen (secondary N) is 1. The first-order chi connectivity index (χ1) is 8.87. The predicted octanol–water partition coefficient (Wildman–Crippen LogP) is 2.06. The first-order valence-electron chi connectivity index (χ1n) is 5.07. The third-order valence-corrected chi connectivity index (χ3v) is 2.48. The van der Waals surface area contributed by atoms with Crippen molar-refractivity contribution in [1.29, 1.82) is 0 Å². The molecule has 0 aliphatic rings. The van der Waals surface area contributed by atoms with Crippen molar-refractivity contribution < 1.29 is 18.0 Å². The number of amides is 1. The van der Waals surface area contributed by atoms with Gasteiger partial charge in [-0.05, 0) is 11.6 Å². The van der Waals surface area contributed by atoms with Gasteiger partial charge in [0.15, 0.2) is 5.65 Å². The molecule has 10 heteroatoms. The number of nitrogens with zero attached hydrogens (tertiary/aromatic N) is 4. The van der Waals surface area contributed by atoms with E-state index in [0.29, 0.717) is 0 Å². The summed E-state index contributed by atoms with van der Waals surface area (Å²) < 4.78 is 37.2. The fourth-order valence-electron chi connectivity index (χ4n) is 1.35. The molecule has 0 saturated carbocycles. The molecule has 0 aliphatic heterocycles. The molecule has 0 bridgehead atoms. The molecule has 0 atom stereocenters. The maximum absolute atomic E-state index is 12.0. The van der Waals surface area contributed by atoms with Crippen molar-refractivity contribution >= 4 is 28.8 Å². The fraction of sp³-hybridized carbons (Fsp3) is 0.333. The molecular weight excluding hydrogens is 287 g/mol. The quantitative estimate of drug-likeness (QED) is 0.879. The zero-order valence-electron chi connectivity index (χ0n) is 9.28. The Hall–Kier alpha value is -1.90. The lowest BCUT2D eigenvalue weighted by molar-refractivity contribution is -0.142. The molecule has 102 valence electrons. The SMILES string of the molecule is O=C(CCC(F)(F)F)Nc1cnc(Cl)n2cnnc12. The van der Waals surface area contributed by atoms with Crippen LogP contribution in [0.4, 0.5) is 18.9 Å². The standard InChI is InChI=1S/C9H7ClF3N5O/c10-8-14-3-5(7-17-15-4-18(7)8)16-6(19)1-2-9(11,12)13/h3-4H,1-2H2,(H,16,19). The van der Waals surface area contributed by atoms with E-state index in [-0.39, 0.29) is 16.6 Å². The summed E-state index contributed by atoms with van der Waals surface area (Å²) in [4.78, 5) is 15.1. The van der Waals surface area contributed by atoms with Crippen LogP contribution < -0.4 is 5.32 Å². The Balaban J connectivity index is 2.11. The van der Waals surface area contributed by atoms with E-state index >= 15 is 0 Å². The first-order valence-corrected chi connectivity index (χ1v) is 5.45. The summed E-state index contributed by atoms with van der Waals surface area (Å²) in [6.07, 6.45) is -3.76. The van der Waals surface area contributed by atoms with Gasteiger partial charge in [-0.1, -0.05) is 0 Å². The van der Waals surface area contributed by atoms with E-state index in [1.54, 1.807) is 0 Å². The van der Waals surface area contributed by atoms with Crippen LogP contribution in [-0.2, 0) is 4.79 Å². The van der Waals surface area contributed by atoms with Gasteiger partial charge < -0.3 is 5.32 Å². The van der Waals surface area contributed by atoms with Crippen molar-refractivity contribution in [3.63, 3.8) is 0 Å². The van der Waals surface area contributed by atoms with Crippen molar-refractivity contribution in [3.8, 4) is 0 Å². The molecule has 2 aromatic rings. The summed E-state index contributed by atoms with van der Waals surface area (Å²) >= 11 is 5.74. The number of anilines is 1. The van der Waals surface area contributed by atoms with Gasteiger partial charge in [-0.3, -0.25) is 9.20 Å². The van der Waals surface area contributed by atoms with Crippen LogP contribution in [0.25, 0.3) is 5.65 Å². The Bertz CT molecular complexity index is 611. The first kappa shape index (κ1) is 13.5. The highest BCUT2D eigenvalue weighted by Gasteiger charge is 2.28. The van der Waals surface area contributed by atoms with Crippen molar-refractivity contribution in [2.75, 3.05) is 5.32 Å². The molecule has 0 aliphatic carbocycles. The lowest BCUT2D eigenvalue weighted by atomic mass is 10.3. The number of aromatic nitrogens is 4. The van der Waals surface area contributed by atoms with Crippen LogP contribution in [0.2, 0.25) is 5.28 Å². The van der Waals surface area contributed by atoms with E-state index in [2.05, 4.69) is 20.5 Å². The number of fused-ring (bicyclic) bond motifs is 1. The predicted molar refractivity (Wildman–Crippen MR) is 59.7 cm³/mol. The zero-order valence-corrected chi connectivity index (χ0v) is 10.0. The molecular formula is C9H7ClF3N5O. The minimum Gasteiger partial charge on any atom is -0.322 e. The van der Waals surface area contributed by atoms with E-state index in [1.807, 2.05) is 0 Å². The van der Waals surface area contributed by atoms with Gasteiger partial charge >= 0.3 is 6.18 Å². The molecule has 2 aromatic heterocycles. The smallest absolute Gasteiger partial charge is 0.322 e. The number of rotatable bonds is 3. The summed E-state index contributed by atoms with van der Waals surface area (Å²) in [7, 11) is 0. The van der Waals surface area contributed by atoms with Gasteiger partial charge in [0.1, 0.15) is 12.0 Å². The average Bonchev–Trinajstić information content (AvgIpc) is 2.79. The minimum absolute atomic E-state index is 0.0771. The van der Waals surface area contributed by atoms with Gasteiger partial charge in [0, 0.05) is 6.42 Å². The number of hydrogen-bond donors (Lipinski definition) is 1. The van der Waals surface area contributed by atoms with E-state index in [4.69, 9.17) is 11.6 Å². The molecule has 0 spiro atoms. The molecule has 19 heavy (non-hydrogen) atoms. The molecule has 1 amide bonds. The van der Waals surface area contributed by atoms with Crippen LogP contribution in [0.15, 0.2) is 12.5 Å². The fourth-order valence-corrected chi connectivity index (χ4v) is 1.52. The van der Waals surface area contributed by atoms with Gasteiger partial charge in [-0.2, -0.15) is 13.2 Å². The highest BCUT2D eigenvalue weighted by atomic mass is 35.5. The molecule has 0 aromatic carbocycles. The van der Waals surface area contributed by atoms with Crippen LogP contribution in [-0.4, -0.2) is 31.7 Å². The number of hydrogen-bond acceptors (Lipinski definition) is 4. The summed E-state index contributed by atoms with van der Waals surface area (Å²) in [5, 5.41) is 9.63. The van der Waals surface area contributed by atoms with Crippen LogP contribution in [0.1, 0.15) is 12.8 Å². The molecule has 2 heterocycles. The largest absolute Gasteiger partial charge is 0.389 e. The lowest BCUT2D eigenvalue weighted by Gasteiger charge is -2.08. The number of carbonyl (C=O) groups is 1. The topological polar surface area (TPSA) is 72.2 Å². The second kappa shape index (κ2) is 5.00. The van der Waals surface area contributed by atoms with Crippen LogP contribution >= 0.6 is 11.6 Å². The molecule has 2 rings (SSSR count). The van der Waals surface area contributed by atoms with Crippen molar-refractivity contribution in [2.24, 2.45) is 0 Å². The molecule has 0 unspecified atom stereocenters. The second-order valence-electron chi connectivity index (χ2n) is 3.63. The summed E-state index contributed by atoms with van der Waals surface area (Å²) in [5.74, 6) is -0.786. The second-order valence-corrected chi connectivity index (χ2v) is 3.97. The van der Waals surface area contributed by atoms with Crippen molar-refractivity contribution in [1.82, 2.24) is 19.6 Å². The van der Waals surface area contributed by atoms with Crippen LogP contribution in [0, 0.1) is 0 Å². The number of carbonyl (C=O) groups excluding carboxylic acids is 1. The molecule has 6 nitrogen and oxygen atoms in total. The highest BCUT2D eigenvalue weighted by molar-refractivity contribution is 6.28. The zero-order chi connectivity index (χ0) is 14.0. The third-order valence-electron chi connectivity index (χ3n) is 2.20. The normalized spacial score (nSPS) is 11.8. The van der Waals surface area contributed by atoms with Gasteiger partial charge in [0.2, 0.25) is 11.2 Å². The van der Waals surface area contributed by atoms with Gasteiger partial charge in [0.05, 0.1) is 12.6 Å². The Labute approximate surface area is 109 Å². The Morgan fingerprint density at radius 1 is 1.47 bits per heavy atom. The minimum atomic E-state index is -4.38. The van der Waals surface area contributed by atoms with Gasteiger partial charge in [-0.15, -0.1) is 10.2 Å². The maximum Gasteiger partial charge on any atom is 0.389 e. The Morgan fingerprint density at radius 3 is 2.89 bits per heavy atom. The van der Waals surface area contributed by atoms with E-state index in [9.17, 15) is 18.0 Å². The molecule has 1 N–H and O–H groups in total. The summed E-state index contributed by atoms with van der Waals surface area (Å²) in [6.45, 7) is 0. The van der Waals surface area contributed by atoms with E-state index in [1.165, 1.54) is 16.9 Å². The molecule has 0 radical (unpaired) electrons. The van der Waals surface area contributed by atoms with E-state index < -0.39 is 24.9 Å². The monoisotopic (exact) mass is 293 g/mol. The van der Waals surface area contributed by atoms with Crippen molar-refractivity contribution in [2.45, 2.75) is 19.0 Å². The Morgan fingerprint density at radius 2 is 2.21 bits per heavy atom. The van der Waals surface area contributed by atoms with Crippen LogP contribution in [0.5, 0.6) is 0 Å². The van der Waals surface area contributed by atoms with Gasteiger partial charge in [0.25, 0.3) is 0 Å². The maximum atomic E-state index is 12.0. The third kappa shape index (κ3) is 3.31. The molecule has 0 saturated heterocycles. The van der Waals surface area contributed by atoms with Crippen molar-refractivity contribution in [3.05, 3.63) is 17.8 Å². The highest BCUT2D eigenvalue weighted by Crippen LogP contribution is 2.22. The average molecular weight is 294 g/mol. The number of alkyl halides is 3. The van der Waals surface area contributed by atoms with Crippen LogP contribution in [0.3, 0.4) is 0 Å². The summed E-state index contributed by atoms with van der Waals surface area (Å²) in [5.41, 5.74) is 0.356. The Kier molecular flexibility index (Phi) is 3.56. The summed E-state index contributed by atoms with van der Waals surface area (Å²) in [6, 6.07) is 0.